The monoisotopic (exact) mass is 427 g/mol. The van der Waals surface area contributed by atoms with E-state index in [-0.39, 0.29) is 28.1 Å². The number of nitrogens with zero attached hydrogens (tertiary/aromatic N) is 2. The number of carbonyl (C=O) groups excluding carboxylic acids is 1. The highest BCUT2D eigenvalue weighted by molar-refractivity contribution is 7.92. The van der Waals surface area contributed by atoms with Gasteiger partial charge in [0, 0.05) is 11.1 Å². The molecule has 2 aromatic carbocycles. The van der Waals surface area contributed by atoms with E-state index in [1.807, 2.05) is 12.1 Å². The fourth-order valence-corrected chi connectivity index (χ4v) is 3.86. The van der Waals surface area contributed by atoms with Crippen molar-refractivity contribution in [3.63, 3.8) is 0 Å². The molecule has 3 rings (SSSR count). The summed E-state index contributed by atoms with van der Waals surface area (Å²) in [5, 5.41) is 9.79. The van der Waals surface area contributed by atoms with Crippen molar-refractivity contribution < 1.29 is 17.6 Å². The average Bonchev–Trinajstić information content (AvgIpc) is 3.16. The first-order chi connectivity index (χ1) is 14.0. The Morgan fingerprint density at radius 2 is 1.70 bits per heavy atom. The Morgan fingerprint density at radius 1 is 1.03 bits per heavy atom. The molecule has 0 unspecified atom stereocenters. The number of hydrogen-bond donors (Lipinski definition) is 1. The van der Waals surface area contributed by atoms with E-state index in [2.05, 4.69) is 36.3 Å². The van der Waals surface area contributed by atoms with E-state index in [0.29, 0.717) is 11.1 Å². The maximum absolute atomic E-state index is 12.5. The number of amides is 1. The Balaban J connectivity index is 1.78. The van der Waals surface area contributed by atoms with Gasteiger partial charge >= 0.3 is 6.01 Å². The zero-order valence-electron chi connectivity index (χ0n) is 17.6. The molecule has 1 amide bonds. The average molecular weight is 428 g/mol. The smallest absolute Gasteiger partial charge is 0.322 e. The summed E-state index contributed by atoms with van der Waals surface area (Å²) in [4.78, 5) is 12.6. The van der Waals surface area contributed by atoms with Crippen molar-refractivity contribution in [2.75, 3.05) is 5.32 Å². The number of hydrogen-bond acceptors (Lipinski definition) is 6. The van der Waals surface area contributed by atoms with Crippen molar-refractivity contribution >= 4 is 21.8 Å². The largest absolute Gasteiger partial charge is 0.403 e. The lowest BCUT2D eigenvalue weighted by atomic mass is 9.87. The number of rotatable bonds is 5. The molecule has 30 heavy (non-hydrogen) atoms. The molecule has 3 aromatic rings. The predicted octanol–water partition coefficient (Wildman–Crippen LogP) is 4.47. The van der Waals surface area contributed by atoms with Crippen molar-refractivity contribution in [1.82, 2.24) is 10.2 Å². The van der Waals surface area contributed by atoms with Crippen molar-refractivity contribution in [3.8, 4) is 11.5 Å². The lowest BCUT2D eigenvalue weighted by Crippen LogP contribution is -2.14. The molecule has 0 saturated heterocycles. The highest BCUT2D eigenvalue weighted by Crippen LogP contribution is 2.25. The molecule has 0 atom stereocenters. The van der Waals surface area contributed by atoms with Gasteiger partial charge in [-0.05, 0) is 55.2 Å². The maximum Gasteiger partial charge on any atom is 0.322 e. The zero-order chi connectivity index (χ0) is 22.1. The van der Waals surface area contributed by atoms with Crippen LogP contribution in [0.1, 0.15) is 50.5 Å². The van der Waals surface area contributed by atoms with Gasteiger partial charge in [0.2, 0.25) is 5.89 Å². The quantitative estimate of drug-likeness (QED) is 0.645. The molecule has 0 saturated carbocycles. The Bertz CT molecular complexity index is 1160. The number of anilines is 1. The lowest BCUT2D eigenvalue weighted by molar-refractivity contribution is 0.102. The van der Waals surface area contributed by atoms with E-state index in [0.717, 1.165) is 5.56 Å². The second kappa shape index (κ2) is 8.02. The van der Waals surface area contributed by atoms with Gasteiger partial charge in [-0.3, -0.25) is 10.1 Å². The van der Waals surface area contributed by atoms with Crippen molar-refractivity contribution in [2.45, 2.75) is 50.2 Å². The van der Waals surface area contributed by atoms with E-state index in [4.69, 9.17) is 4.42 Å². The van der Waals surface area contributed by atoms with Crippen LogP contribution in [0, 0.1) is 0 Å². The summed E-state index contributed by atoms with van der Waals surface area (Å²) in [5.41, 5.74) is 2.04. The van der Waals surface area contributed by atoms with E-state index in [9.17, 15) is 13.2 Å². The molecule has 0 bridgehead atoms. The molecular formula is C22H25N3O4S. The van der Waals surface area contributed by atoms with Crippen molar-refractivity contribution in [3.05, 3.63) is 59.7 Å². The third-order valence-corrected chi connectivity index (χ3v) is 6.84. The topological polar surface area (TPSA) is 102 Å². The first kappa shape index (κ1) is 21.7. The lowest BCUT2D eigenvalue weighted by Gasteiger charge is -2.18. The molecule has 0 aliphatic heterocycles. The Labute approximate surface area is 176 Å². The molecule has 1 aromatic heterocycles. The van der Waals surface area contributed by atoms with Gasteiger partial charge < -0.3 is 4.42 Å². The van der Waals surface area contributed by atoms with Crippen LogP contribution in [0.4, 0.5) is 6.01 Å². The summed E-state index contributed by atoms with van der Waals surface area (Å²) in [6.45, 7) is 9.54. The minimum atomic E-state index is -3.43. The summed E-state index contributed by atoms with van der Waals surface area (Å²) in [5.74, 6) is -0.254. The van der Waals surface area contributed by atoms with Gasteiger partial charge in [-0.2, -0.15) is 0 Å². The number of nitrogens with one attached hydrogen (secondary N) is 1. The molecule has 0 aliphatic rings. The Kier molecular flexibility index (Phi) is 5.81. The van der Waals surface area contributed by atoms with Gasteiger partial charge in [-0.25, -0.2) is 8.42 Å². The molecule has 0 spiro atoms. The SMILES string of the molecule is CC(C)S(=O)(=O)c1cccc(-c2nnc(NC(=O)c3ccc(C(C)(C)C)cc3)o2)c1. The molecule has 1 N–H and O–H groups in total. The summed E-state index contributed by atoms with van der Waals surface area (Å²) in [7, 11) is -3.43. The molecular weight excluding hydrogens is 402 g/mol. The fourth-order valence-electron chi connectivity index (χ4n) is 2.76. The van der Waals surface area contributed by atoms with Gasteiger partial charge in [-0.1, -0.05) is 44.1 Å². The van der Waals surface area contributed by atoms with Crippen LogP contribution in [0.5, 0.6) is 0 Å². The van der Waals surface area contributed by atoms with Crippen molar-refractivity contribution in [1.29, 1.82) is 0 Å². The zero-order valence-corrected chi connectivity index (χ0v) is 18.4. The van der Waals surface area contributed by atoms with Gasteiger partial charge in [-0.15, -0.1) is 5.10 Å². The normalized spacial score (nSPS) is 12.2. The van der Waals surface area contributed by atoms with E-state index in [1.54, 1.807) is 38.1 Å². The first-order valence-electron chi connectivity index (χ1n) is 9.58. The number of aromatic nitrogens is 2. The molecule has 0 aliphatic carbocycles. The molecule has 1 heterocycles. The van der Waals surface area contributed by atoms with Crippen LogP contribution >= 0.6 is 0 Å². The molecule has 7 nitrogen and oxygen atoms in total. The molecule has 0 radical (unpaired) electrons. The van der Waals surface area contributed by atoms with Crippen LogP contribution in [0.3, 0.4) is 0 Å². The maximum atomic E-state index is 12.5. The Morgan fingerprint density at radius 3 is 2.30 bits per heavy atom. The van der Waals surface area contributed by atoms with E-state index < -0.39 is 15.1 Å². The third-order valence-electron chi connectivity index (χ3n) is 4.69. The second-order valence-electron chi connectivity index (χ2n) is 8.32. The molecule has 8 heteroatoms. The summed E-state index contributed by atoms with van der Waals surface area (Å²) in [6.07, 6.45) is 0. The number of sulfone groups is 1. The molecule has 158 valence electrons. The van der Waals surface area contributed by atoms with Gasteiger partial charge in [0.05, 0.1) is 10.1 Å². The van der Waals surface area contributed by atoms with Crippen molar-refractivity contribution in [2.24, 2.45) is 0 Å². The summed E-state index contributed by atoms with van der Waals surface area (Å²) < 4.78 is 30.3. The van der Waals surface area contributed by atoms with Gasteiger partial charge in [0.15, 0.2) is 9.84 Å². The minimum absolute atomic E-state index is 0.00597. The molecule has 0 fully saturated rings. The standard InChI is InChI=1S/C22H25N3O4S/c1-14(2)30(27,28)18-8-6-7-16(13-18)20-24-25-21(29-20)23-19(26)15-9-11-17(12-10-15)22(3,4)5/h6-14H,1-5H3,(H,23,25,26). The third kappa shape index (κ3) is 4.59. The van der Waals surface area contributed by atoms with Crippen LogP contribution < -0.4 is 5.32 Å². The van der Waals surface area contributed by atoms with Crippen LogP contribution in [0.25, 0.3) is 11.5 Å². The summed E-state index contributed by atoms with van der Waals surface area (Å²) in [6, 6.07) is 13.5. The van der Waals surface area contributed by atoms with Crippen LogP contribution in [-0.2, 0) is 15.3 Å². The predicted molar refractivity (Wildman–Crippen MR) is 115 cm³/mol. The number of carbonyl (C=O) groups is 1. The van der Waals surface area contributed by atoms with E-state index in [1.165, 1.54) is 12.1 Å². The van der Waals surface area contributed by atoms with Gasteiger partial charge in [0.1, 0.15) is 0 Å². The van der Waals surface area contributed by atoms with E-state index >= 15 is 0 Å². The first-order valence-corrected chi connectivity index (χ1v) is 11.1. The van der Waals surface area contributed by atoms with Crippen LogP contribution in [-0.4, -0.2) is 29.8 Å². The fraction of sp³-hybridized carbons (Fsp3) is 0.318. The summed E-state index contributed by atoms with van der Waals surface area (Å²) >= 11 is 0. The van der Waals surface area contributed by atoms with Crippen LogP contribution in [0.2, 0.25) is 0 Å². The highest BCUT2D eigenvalue weighted by atomic mass is 32.2. The van der Waals surface area contributed by atoms with Crippen LogP contribution in [0.15, 0.2) is 57.8 Å². The second-order valence-corrected chi connectivity index (χ2v) is 10.8. The minimum Gasteiger partial charge on any atom is -0.403 e. The Hall–Kier alpha value is -3.00. The highest BCUT2D eigenvalue weighted by Gasteiger charge is 2.21. The van der Waals surface area contributed by atoms with Gasteiger partial charge in [0.25, 0.3) is 5.91 Å². The number of benzene rings is 2.